The van der Waals surface area contributed by atoms with Crippen molar-refractivity contribution in [1.82, 2.24) is 10.3 Å². The van der Waals surface area contributed by atoms with E-state index in [0.717, 1.165) is 30.3 Å². The van der Waals surface area contributed by atoms with Crippen LogP contribution in [0.2, 0.25) is 0 Å². The van der Waals surface area contributed by atoms with Crippen molar-refractivity contribution in [2.45, 2.75) is 13.5 Å². The molecule has 1 N–H and O–H groups in total. The van der Waals surface area contributed by atoms with E-state index in [1.165, 1.54) is 5.56 Å². The molecule has 1 rings (SSSR count). The second-order valence-electron chi connectivity index (χ2n) is 3.29. The van der Waals surface area contributed by atoms with Crippen molar-refractivity contribution < 1.29 is 0 Å². The Labute approximate surface area is 96.2 Å². The Balaban J connectivity index is 2.15. The van der Waals surface area contributed by atoms with Gasteiger partial charge in [0.25, 0.3) is 0 Å². The molecule has 0 bridgehead atoms. The fourth-order valence-electron chi connectivity index (χ4n) is 1.24. The van der Waals surface area contributed by atoms with Crippen LogP contribution in [0.15, 0.2) is 31.0 Å². The number of aromatic nitrogens is 1. The summed E-state index contributed by atoms with van der Waals surface area (Å²) in [6.07, 6.45) is 3.77. The van der Waals surface area contributed by atoms with Crippen molar-refractivity contribution in [1.29, 1.82) is 0 Å². The minimum absolute atomic E-state index is 0.911. The summed E-state index contributed by atoms with van der Waals surface area (Å²) in [6, 6.07) is 4.10. The predicted octanol–water partition coefficient (Wildman–Crippen LogP) is 2.40. The van der Waals surface area contributed by atoms with Crippen LogP contribution in [0.3, 0.4) is 0 Å². The number of pyridine rings is 1. The van der Waals surface area contributed by atoms with E-state index in [1.54, 1.807) is 0 Å². The molecule has 0 spiro atoms. The average molecular weight is 222 g/mol. The Kier molecular flexibility index (Phi) is 6.12. The van der Waals surface area contributed by atoms with Crippen molar-refractivity contribution in [3.63, 3.8) is 0 Å². The second kappa shape index (κ2) is 7.49. The van der Waals surface area contributed by atoms with Gasteiger partial charge in [0, 0.05) is 36.5 Å². The van der Waals surface area contributed by atoms with Crippen LogP contribution in [0.25, 0.3) is 0 Å². The van der Waals surface area contributed by atoms with E-state index >= 15 is 0 Å². The van der Waals surface area contributed by atoms with Crippen molar-refractivity contribution in [2.24, 2.45) is 0 Å². The number of aryl methyl sites for hydroxylation is 1. The first-order chi connectivity index (χ1) is 7.34. The summed E-state index contributed by atoms with van der Waals surface area (Å²) >= 11 is 1.90. The van der Waals surface area contributed by atoms with Gasteiger partial charge in [0.05, 0.1) is 0 Å². The lowest BCUT2D eigenvalue weighted by molar-refractivity contribution is 0.725. The van der Waals surface area contributed by atoms with E-state index in [2.05, 4.69) is 22.9 Å². The minimum Gasteiger partial charge on any atom is -0.312 e. The summed E-state index contributed by atoms with van der Waals surface area (Å²) in [5.41, 5.74) is 2.40. The summed E-state index contributed by atoms with van der Waals surface area (Å²) in [6.45, 7) is 7.68. The van der Waals surface area contributed by atoms with Crippen molar-refractivity contribution in [2.75, 3.05) is 18.1 Å². The molecule has 0 atom stereocenters. The molecule has 1 aromatic heterocycles. The van der Waals surface area contributed by atoms with Gasteiger partial charge >= 0.3 is 0 Å². The minimum atomic E-state index is 0.911. The smallest absolute Gasteiger partial charge is 0.0417 e. The van der Waals surface area contributed by atoms with Crippen LogP contribution in [0.1, 0.15) is 11.3 Å². The summed E-state index contributed by atoms with van der Waals surface area (Å²) in [5, 5.41) is 3.41. The van der Waals surface area contributed by atoms with Gasteiger partial charge in [0.15, 0.2) is 0 Å². The van der Waals surface area contributed by atoms with Crippen molar-refractivity contribution in [3.05, 3.63) is 42.2 Å². The molecule has 0 aromatic carbocycles. The van der Waals surface area contributed by atoms with E-state index in [9.17, 15) is 0 Å². The molecule has 0 fully saturated rings. The van der Waals surface area contributed by atoms with Crippen LogP contribution < -0.4 is 5.32 Å². The van der Waals surface area contributed by atoms with Crippen molar-refractivity contribution >= 4 is 11.8 Å². The topological polar surface area (TPSA) is 24.9 Å². The monoisotopic (exact) mass is 222 g/mol. The maximum Gasteiger partial charge on any atom is 0.0417 e. The van der Waals surface area contributed by atoms with Gasteiger partial charge in [-0.25, -0.2) is 0 Å². The third-order valence-corrected chi connectivity index (χ3v) is 3.05. The maximum atomic E-state index is 4.25. The molecule has 82 valence electrons. The zero-order chi connectivity index (χ0) is 10.9. The number of nitrogens with one attached hydrogen (secondary N) is 1. The van der Waals surface area contributed by atoms with Gasteiger partial charge in [-0.2, -0.15) is 11.8 Å². The van der Waals surface area contributed by atoms with Crippen LogP contribution in [-0.4, -0.2) is 23.0 Å². The van der Waals surface area contributed by atoms with E-state index < -0.39 is 0 Å². The van der Waals surface area contributed by atoms with E-state index in [-0.39, 0.29) is 0 Å². The lowest BCUT2D eigenvalue weighted by Gasteiger charge is -2.06. The molecule has 1 heterocycles. The molecule has 1 aromatic rings. The quantitative estimate of drug-likeness (QED) is 0.566. The Morgan fingerprint density at radius 3 is 3.20 bits per heavy atom. The standard InChI is InChI=1S/C12H18N2S/c1-3-8-15-9-7-13-10-12-5-4-6-14-11(12)2/h3-6,13H,1,7-10H2,2H3. The first-order valence-electron chi connectivity index (χ1n) is 5.14. The highest BCUT2D eigenvalue weighted by Gasteiger charge is 1.96. The van der Waals surface area contributed by atoms with Crippen LogP contribution >= 0.6 is 11.8 Å². The molecular weight excluding hydrogens is 204 g/mol. The third-order valence-electron chi connectivity index (χ3n) is 2.09. The van der Waals surface area contributed by atoms with E-state index in [4.69, 9.17) is 0 Å². The van der Waals surface area contributed by atoms with Gasteiger partial charge < -0.3 is 5.32 Å². The summed E-state index contributed by atoms with van der Waals surface area (Å²) < 4.78 is 0. The molecule has 0 unspecified atom stereocenters. The number of rotatable bonds is 7. The summed E-state index contributed by atoms with van der Waals surface area (Å²) in [5.74, 6) is 2.17. The molecule has 15 heavy (non-hydrogen) atoms. The molecule has 0 saturated heterocycles. The Bertz CT molecular complexity index is 299. The number of hydrogen-bond acceptors (Lipinski definition) is 3. The molecule has 0 aliphatic carbocycles. The lowest BCUT2D eigenvalue weighted by Crippen LogP contribution is -2.17. The third kappa shape index (κ3) is 5.00. The molecule has 0 aliphatic heterocycles. The van der Waals surface area contributed by atoms with Crippen LogP contribution in [0.5, 0.6) is 0 Å². The van der Waals surface area contributed by atoms with E-state index in [1.807, 2.05) is 37.0 Å². The van der Waals surface area contributed by atoms with E-state index in [0.29, 0.717) is 0 Å². The average Bonchev–Trinajstić information content (AvgIpc) is 2.25. The Morgan fingerprint density at radius 1 is 1.60 bits per heavy atom. The van der Waals surface area contributed by atoms with Crippen LogP contribution in [0, 0.1) is 6.92 Å². The second-order valence-corrected chi connectivity index (χ2v) is 4.44. The van der Waals surface area contributed by atoms with Crippen LogP contribution in [0.4, 0.5) is 0 Å². The highest BCUT2D eigenvalue weighted by Crippen LogP contribution is 2.03. The fraction of sp³-hybridized carbons (Fsp3) is 0.417. The molecule has 0 saturated carbocycles. The van der Waals surface area contributed by atoms with Gasteiger partial charge in [0.2, 0.25) is 0 Å². The summed E-state index contributed by atoms with van der Waals surface area (Å²) in [4.78, 5) is 4.25. The highest BCUT2D eigenvalue weighted by atomic mass is 32.2. The highest BCUT2D eigenvalue weighted by molar-refractivity contribution is 7.99. The van der Waals surface area contributed by atoms with Gasteiger partial charge in [-0.05, 0) is 18.6 Å². The van der Waals surface area contributed by atoms with Gasteiger partial charge in [0.1, 0.15) is 0 Å². The first kappa shape index (κ1) is 12.3. The molecule has 0 amide bonds. The summed E-state index contributed by atoms with van der Waals surface area (Å²) in [7, 11) is 0. The van der Waals surface area contributed by atoms with Crippen LogP contribution in [-0.2, 0) is 6.54 Å². The Morgan fingerprint density at radius 2 is 2.47 bits per heavy atom. The van der Waals surface area contributed by atoms with Crippen molar-refractivity contribution in [3.8, 4) is 0 Å². The van der Waals surface area contributed by atoms with Gasteiger partial charge in [-0.3, -0.25) is 4.98 Å². The zero-order valence-electron chi connectivity index (χ0n) is 9.20. The number of thioether (sulfide) groups is 1. The SMILES string of the molecule is C=CCSCCNCc1cccnc1C. The number of hydrogen-bond donors (Lipinski definition) is 1. The maximum absolute atomic E-state index is 4.25. The normalized spacial score (nSPS) is 10.2. The predicted molar refractivity (Wildman–Crippen MR) is 68.2 cm³/mol. The molecular formula is C12H18N2S. The largest absolute Gasteiger partial charge is 0.312 e. The Hall–Kier alpha value is -0.800. The van der Waals surface area contributed by atoms with Gasteiger partial charge in [-0.1, -0.05) is 12.1 Å². The molecule has 3 heteroatoms. The molecule has 2 nitrogen and oxygen atoms in total. The molecule has 0 radical (unpaired) electrons. The fourth-order valence-corrected chi connectivity index (χ4v) is 1.86. The lowest BCUT2D eigenvalue weighted by atomic mass is 10.2. The zero-order valence-corrected chi connectivity index (χ0v) is 10.0. The van der Waals surface area contributed by atoms with Gasteiger partial charge in [-0.15, -0.1) is 6.58 Å². The molecule has 0 aliphatic rings. The first-order valence-corrected chi connectivity index (χ1v) is 6.30. The number of nitrogens with zero attached hydrogens (tertiary/aromatic N) is 1.